The van der Waals surface area contributed by atoms with Gasteiger partial charge >= 0.3 is 0 Å². The van der Waals surface area contributed by atoms with Crippen LogP contribution in [0, 0.1) is 5.92 Å². The molecule has 1 aromatic heterocycles. The lowest BCUT2D eigenvalue weighted by molar-refractivity contribution is -0.00808. The summed E-state index contributed by atoms with van der Waals surface area (Å²) in [4.78, 5) is 9.36. The summed E-state index contributed by atoms with van der Waals surface area (Å²) < 4.78 is 7.76. The highest BCUT2D eigenvalue weighted by Crippen LogP contribution is 2.21. The third-order valence-electron chi connectivity index (χ3n) is 5.05. The number of likely N-dealkylation sites (tertiary alicyclic amines) is 1. The first kappa shape index (κ1) is 18.2. The Bertz CT molecular complexity index is 566. The number of guanidine groups is 1. The number of ether oxygens (including phenoxy) is 1. The van der Waals surface area contributed by atoms with Crippen LogP contribution >= 0.6 is 0 Å². The first-order valence-corrected chi connectivity index (χ1v) is 9.44. The molecule has 2 unspecified atom stereocenters. The zero-order chi connectivity index (χ0) is 17.6. The molecule has 0 aliphatic carbocycles. The van der Waals surface area contributed by atoms with Crippen molar-refractivity contribution in [3.63, 3.8) is 0 Å². The molecule has 1 N–H and O–H groups in total. The van der Waals surface area contributed by atoms with Crippen LogP contribution in [0.1, 0.15) is 31.4 Å². The maximum atomic E-state index is 5.93. The van der Waals surface area contributed by atoms with E-state index in [9.17, 15) is 0 Å². The Labute approximate surface area is 151 Å². The van der Waals surface area contributed by atoms with Gasteiger partial charge in [-0.25, -0.2) is 0 Å². The van der Waals surface area contributed by atoms with Crippen molar-refractivity contribution in [3.05, 3.63) is 18.0 Å². The number of nitrogens with zero attached hydrogens (tertiary/aromatic N) is 5. The smallest absolute Gasteiger partial charge is 0.193 e. The molecule has 25 heavy (non-hydrogen) atoms. The molecule has 0 saturated carbocycles. The zero-order valence-corrected chi connectivity index (χ0v) is 15.8. The van der Waals surface area contributed by atoms with Crippen LogP contribution in [0.15, 0.2) is 17.4 Å². The van der Waals surface area contributed by atoms with Crippen molar-refractivity contribution in [2.75, 3.05) is 52.9 Å². The number of aryl methyl sites for hydroxylation is 1. The molecule has 2 atom stereocenters. The molecular weight excluding hydrogens is 316 g/mol. The van der Waals surface area contributed by atoms with E-state index in [1.54, 1.807) is 0 Å². The van der Waals surface area contributed by atoms with Gasteiger partial charge in [0.05, 0.1) is 19.3 Å². The Balaban J connectivity index is 1.49. The number of rotatable bonds is 5. The lowest BCUT2D eigenvalue weighted by atomic mass is 10.1. The van der Waals surface area contributed by atoms with Gasteiger partial charge in [0.25, 0.3) is 0 Å². The summed E-state index contributed by atoms with van der Waals surface area (Å²) in [6.07, 6.45) is 6.68. The average Bonchev–Trinajstić information content (AvgIpc) is 3.27. The van der Waals surface area contributed by atoms with Gasteiger partial charge in [0.1, 0.15) is 6.10 Å². The molecule has 1 aromatic rings. The van der Waals surface area contributed by atoms with Gasteiger partial charge in [-0.15, -0.1) is 0 Å². The number of hydrogen-bond acceptors (Lipinski definition) is 4. The fourth-order valence-electron chi connectivity index (χ4n) is 3.72. The Kier molecular flexibility index (Phi) is 6.31. The van der Waals surface area contributed by atoms with Crippen molar-refractivity contribution in [1.29, 1.82) is 0 Å². The van der Waals surface area contributed by atoms with E-state index < -0.39 is 0 Å². The van der Waals surface area contributed by atoms with Crippen molar-refractivity contribution in [3.8, 4) is 0 Å². The second-order valence-electron chi connectivity index (χ2n) is 7.29. The largest absolute Gasteiger partial charge is 0.370 e. The molecule has 3 rings (SSSR count). The second kappa shape index (κ2) is 8.67. The van der Waals surface area contributed by atoms with E-state index in [1.807, 2.05) is 31.2 Å². The highest BCUT2D eigenvalue weighted by molar-refractivity contribution is 5.80. The Morgan fingerprint density at radius 3 is 2.88 bits per heavy atom. The van der Waals surface area contributed by atoms with E-state index in [0.29, 0.717) is 12.5 Å². The predicted molar refractivity (Wildman–Crippen MR) is 99.7 cm³/mol. The van der Waals surface area contributed by atoms with Crippen molar-refractivity contribution < 1.29 is 4.74 Å². The van der Waals surface area contributed by atoms with E-state index in [2.05, 4.69) is 32.1 Å². The molecule has 7 heteroatoms. The van der Waals surface area contributed by atoms with E-state index in [-0.39, 0.29) is 6.10 Å². The molecule has 0 aromatic carbocycles. The fraction of sp³-hybridized carbons (Fsp3) is 0.778. The molecule has 2 fully saturated rings. The van der Waals surface area contributed by atoms with Crippen LogP contribution in [0.5, 0.6) is 0 Å². The predicted octanol–water partition coefficient (Wildman–Crippen LogP) is 1.10. The highest BCUT2D eigenvalue weighted by atomic mass is 16.5. The summed E-state index contributed by atoms with van der Waals surface area (Å²) in [6.45, 7) is 9.36. The Hall–Kier alpha value is -1.60. The molecule has 140 valence electrons. The molecule has 2 aliphatic heterocycles. The minimum absolute atomic E-state index is 0.0584. The van der Waals surface area contributed by atoms with E-state index in [1.165, 1.54) is 32.5 Å². The molecule has 0 bridgehead atoms. The van der Waals surface area contributed by atoms with Crippen LogP contribution in [0.4, 0.5) is 0 Å². The topological polar surface area (TPSA) is 57.9 Å². The normalized spacial score (nSPS) is 23.9. The lowest BCUT2D eigenvalue weighted by Crippen LogP contribution is -2.49. The molecule has 0 spiro atoms. The van der Waals surface area contributed by atoms with E-state index >= 15 is 0 Å². The standard InChI is InChI=1S/C18H32N6O/c1-15(12-23-6-4-5-7-23)10-20-18(19-2)24-8-9-25-17(14-24)16-11-21-22(3)13-16/h11,13,15,17H,4-10,12,14H2,1-3H3,(H,19,20). The SMILES string of the molecule is CN=C(NCC(C)CN1CCCC1)N1CCOC(c2cnn(C)c2)C1. The van der Waals surface area contributed by atoms with Gasteiger partial charge < -0.3 is 19.9 Å². The van der Waals surface area contributed by atoms with Gasteiger partial charge in [0.15, 0.2) is 5.96 Å². The van der Waals surface area contributed by atoms with Crippen LogP contribution in [0.2, 0.25) is 0 Å². The highest BCUT2D eigenvalue weighted by Gasteiger charge is 2.25. The summed E-state index contributed by atoms with van der Waals surface area (Å²) in [5.74, 6) is 1.59. The summed E-state index contributed by atoms with van der Waals surface area (Å²) in [7, 11) is 3.80. The third kappa shape index (κ3) is 4.95. The van der Waals surface area contributed by atoms with Gasteiger partial charge in [-0.2, -0.15) is 5.10 Å². The quantitative estimate of drug-likeness (QED) is 0.638. The lowest BCUT2D eigenvalue weighted by Gasteiger charge is -2.35. The van der Waals surface area contributed by atoms with Gasteiger partial charge in [0.2, 0.25) is 0 Å². The molecule has 2 aliphatic rings. The number of nitrogens with one attached hydrogen (secondary N) is 1. The van der Waals surface area contributed by atoms with Crippen molar-refractivity contribution in [2.24, 2.45) is 18.0 Å². The summed E-state index contributed by atoms with van der Waals surface area (Å²) in [5, 5.41) is 7.82. The monoisotopic (exact) mass is 348 g/mol. The average molecular weight is 348 g/mol. The minimum atomic E-state index is 0.0584. The van der Waals surface area contributed by atoms with Crippen LogP contribution in [0.25, 0.3) is 0 Å². The number of morpholine rings is 1. The number of hydrogen-bond donors (Lipinski definition) is 1. The van der Waals surface area contributed by atoms with E-state index in [4.69, 9.17) is 4.74 Å². The van der Waals surface area contributed by atoms with Crippen LogP contribution in [0.3, 0.4) is 0 Å². The molecule has 0 radical (unpaired) electrons. The Morgan fingerprint density at radius 1 is 1.40 bits per heavy atom. The molecule has 2 saturated heterocycles. The van der Waals surface area contributed by atoms with Gasteiger partial charge in [-0.05, 0) is 31.8 Å². The van der Waals surface area contributed by atoms with Crippen molar-refractivity contribution in [1.82, 2.24) is 24.9 Å². The maximum Gasteiger partial charge on any atom is 0.193 e. The Morgan fingerprint density at radius 2 is 2.20 bits per heavy atom. The van der Waals surface area contributed by atoms with Crippen LogP contribution in [-0.2, 0) is 11.8 Å². The zero-order valence-electron chi connectivity index (χ0n) is 15.8. The van der Waals surface area contributed by atoms with Crippen LogP contribution < -0.4 is 5.32 Å². The fourth-order valence-corrected chi connectivity index (χ4v) is 3.72. The maximum absolute atomic E-state index is 5.93. The summed E-state index contributed by atoms with van der Waals surface area (Å²) in [5.41, 5.74) is 1.13. The third-order valence-corrected chi connectivity index (χ3v) is 5.05. The molecule has 7 nitrogen and oxygen atoms in total. The number of aliphatic imine (C=N–C) groups is 1. The van der Waals surface area contributed by atoms with E-state index in [0.717, 1.165) is 31.2 Å². The first-order chi connectivity index (χ1) is 12.2. The molecule has 3 heterocycles. The van der Waals surface area contributed by atoms with Crippen LogP contribution in [-0.4, -0.2) is 78.5 Å². The van der Waals surface area contributed by atoms with Gasteiger partial charge in [0, 0.05) is 45.5 Å². The van der Waals surface area contributed by atoms with Crippen molar-refractivity contribution in [2.45, 2.75) is 25.9 Å². The molecule has 0 amide bonds. The summed E-state index contributed by atoms with van der Waals surface area (Å²) in [6, 6.07) is 0. The van der Waals surface area contributed by atoms with Crippen molar-refractivity contribution >= 4 is 5.96 Å². The van der Waals surface area contributed by atoms with Gasteiger partial charge in [-0.1, -0.05) is 6.92 Å². The van der Waals surface area contributed by atoms with Gasteiger partial charge in [-0.3, -0.25) is 9.67 Å². The first-order valence-electron chi connectivity index (χ1n) is 9.44. The minimum Gasteiger partial charge on any atom is -0.370 e. The number of aromatic nitrogens is 2. The second-order valence-corrected chi connectivity index (χ2v) is 7.29. The molecular formula is C18H32N6O. The summed E-state index contributed by atoms with van der Waals surface area (Å²) >= 11 is 0.